The standard InChI is InChI=1S/C14H22ClNO/c1-5-17-14(3,4)13(16)9-11-7-6-10(2)8-12(11)15/h6-8,13H,5,9,16H2,1-4H3. The van der Waals surface area contributed by atoms with Gasteiger partial charge in [-0.15, -0.1) is 0 Å². The third kappa shape index (κ3) is 3.98. The summed E-state index contributed by atoms with van der Waals surface area (Å²) in [5.41, 5.74) is 8.11. The van der Waals surface area contributed by atoms with E-state index in [0.717, 1.165) is 22.6 Å². The lowest BCUT2D eigenvalue weighted by molar-refractivity contribution is -0.0288. The molecule has 0 bridgehead atoms. The fourth-order valence-corrected chi connectivity index (χ4v) is 2.09. The fourth-order valence-electron chi connectivity index (χ4n) is 1.78. The molecule has 1 aromatic carbocycles. The van der Waals surface area contributed by atoms with Crippen LogP contribution in [0.15, 0.2) is 18.2 Å². The zero-order valence-corrected chi connectivity index (χ0v) is 11.8. The van der Waals surface area contributed by atoms with Crippen LogP contribution in [0.3, 0.4) is 0 Å². The second-order valence-corrected chi connectivity index (χ2v) is 5.35. The highest BCUT2D eigenvalue weighted by atomic mass is 35.5. The number of benzene rings is 1. The minimum atomic E-state index is -0.330. The molecule has 1 aromatic rings. The average Bonchev–Trinajstić information content (AvgIpc) is 2.22. The molecule has 0 saturated heterocycles. The van der Waals surface area contributed by atoms with Crippen LogP contribution >= 0.6 is 11.6 Å². The van der Waals surface area contributed by atoms with Crippen molar-refractivity contribution in [2.45, 2.75) is 45.8 Å². The van der Waals surface area contributed by atoms with Gasteiger partial charge in [0.15, 0.2) is 0 Å². The van der Waals surface area contributed by atoms with E-state index in [4.69, 9.17) is 22.1 Å². The van der Waals surface area contributed by atoms with Crippen molar-refractivity contribution in [2.24, 2.45) is 5.73 Å². The third-order valence-electron chi connectivity index (χ3n) is 3.06. The Morgan fingerprint density at radius 3 is 2.59 bits per heavy atom. The molecule has 1 atom stereocenters. The molecule has 0 aliphatic heterocycles. The summed E-state index contributed by atoms with van der Waals surface area (Å²) in [7, 11) is 0. The molecule has 0 aliphatic carbocycles. The first-order valence-electron chi connectivity index (χ1n) is 6.01. The maximum absolute atomic E-state index is 6.20. The number of aryl methyl sites for hydroxylation is 1. The normalized spacial score (nSPS) is 13.8. The van der Waals surface area contributed by atoms with Gasteiger partial charge >= 0.3 is 0 Å². The molecule has 0 spiro atoms. The van der Waals surface area contributed by atoms with E-state index in [0.29, 0.717) is 6.61 Å². The van der Waals surface area contributed by atoms with Crippen LogP contribution in [-0.4, -0.2) is 18.2 Å². The van der Waals surface area contributed by atoms with Crippen molar-refractivity contribution in [3.05, 3.63) is 34.3 Å². The maximum atomic E-state index is 6.20. The molecule has 0 aliphatic rings. The Labute approximate surface area is 109 Å². The minimum absolute atomic E-state index is 0.0670. The molecule has 17 heavy (non-hydrogen) atoms. The average molecular weight is 256 g/mol. The number of hydrogen-bond acceptors (Lipinski definition) is 2. The third-order valence-corrected chi connectivity index (χ3v) is 3.41. The lowest BCUT2D eigenvalue weighted by atomic mass is 9.92. The van der Waals surface area contributed by atoms with Gasteiger partial charge in [-0.05, 0) is 51.3 Å². The Kier molecular flexibility index (Phi) is 4.99. The van der Waals surface area contributed by atoms with Crippen LogP contribution in [0.5, 0.6) is 0 Å². The summed E-state index contributed by atoms with van der Waals surface area (Å²) >= 11 is 6.20. The molecule has 2 N–H and O–H groups in total. The van der Waals surface area contributed by atoms with Gasteiger partial charge in [-0.2, -0.15) is 0 Å². The van der Waals surface area contributed by atoms with E-state index in [1.807, 2.05) is 39.8 Å². The second-order valence-electron chi connectivity index (χ2n) is 4.94. The zero-order valence-electron chi connectivity index (χ0n) is 11.1. The molecule has 0 radical (unpaired) electrons. The minimum Gasteiger partial charge on any atom is -0.374 e. The van der Waals surface area contributed by atoms with Crippen molar-refractivity contribution in [1.82, 2.24) is 0 Å². The van der Waals surface area contributed by atoms with E-state index in [1.165, 1.54) is 0 Å². The fraction of sp³-hybridized carbons (Fsp3) is 0.571. The summed E-state index contributed by atoms with van der Waals surface area (Å²) in [6, 6.07) is 6.00. The second kappa shape index (κ2) is 5.85. The van der Waals surface area contributed by atoms with Crippen LogP contribution in [0, 0.1) is 6.92 Å². The Balaban J connectivity index is 2.77. The first-order valence-corrected chi connectivity index (χ1v) is 6.39. The Morgan fingerprint density at radius 1 is 1.41 bits per heavy atom. The molecule has 0 amide bonds. The number of rotatable bonds is 5. The Morgan fingerprint density at radius 2 is 2.06 bits per heavy atom. The molecule has 1 unspecified atom stereocenters. The maximum Gasteiger partial charge on any atom is 0.0779 e. The highest BCUT2D eigenvalue weighted by Crippen LogP contribution is 2.23. The topological polar surface area (TPSA) is 35.2 Å². The van der Waals surface area contributed by atoms with Crippen LogP contribution in [0.1, 0.15) is 31.9 Å². The van der Waals surface area contributed by atoms with E-state index >= 15 is 0 Å². The van der Waals surface area contributed by atoms with Crippen LogP contribution in [0.2, 0.25) is 5.02 Å². The summed E-state index contributed by atoms with van der Waals surface area (Å²) in [4.78, 5) is 0. The first kappa shape index (κ1) is 14.5. The molecule has 96 valence electrons. The quantitative estimate of drug-likeness (QED) is 0.876. The van der Waals surface area contributed by atoms with Crippen molar-refractivity contribution in [3.8, 4) is 0 Å². The summed E-state index contributed by atoms with van der Waals surface area (Å²) < 4.78 is 5.66. The predicted octanol–water partition coefficient (Wildman–Crippen LogP) is 3.33. The van der Waals surface area contributed by atoms with Crippen molar-refractivity contribution in [3.63, 3.8) is 0 Å². The summed E-state index contributed by atoms with van der Waals surface area (Å²) in [6.07, 6.45) is 0.728. The molecule has 2 nitrogen and oxygen atoms in total. The molecule has 0 saturated carbocycles. The highest BCUT2D eigenvalue weighted by molar-refractivity contribution is 6.31. The van der Waals surface area contributed by atoms with Crippen molar-refractivity contribution in [1.29, 1.82) is 0 Å². The van der Waals surface area contributed by atoms with Crippen LogP contribution in [0.4, 0.5) is 0 Å². The van der Waals surface area contributed by atoms with Crippen molar-refractivity contribution < 1.29 is 4.74 Å². The summed E-state index contributed by atoms with van der Waals surface area (Å²) in [6.45, 7) is 8.71. The van der Waals surface area contributed by atoms with Crippen molar-refractivity contribution >= 4 is 11.6 Å². The number of ether oxygens (including phenoxy) is 1. The highest BCUT2D eigenvalue weighted by Gasteiger charge is 2.27. The van der Waals surface area contributed by atoms with Gasteiger partial charge in [0.2, 0.25) is 0 Å². The van der Waals surface area contributed by atoms with Gasteiger partial charge in [-0.3, -0.25) is 0 Å². The van der Waals surface area contributed by atoms with E-state index in [1.54, 1.807) is 0 Å². The van der Waals surface area contributed by atoms with Gasteiger partial charge in [-0.25, -0.2) is 0 Å². The van der Waals surface area contributed by atoms with Gasteiger partial charge in [0.05, 0.1) is 5.60 Å². The smallest absolute Gasteiger partial charge is 0.0779 e. The number of halogens is 1. The molecule has 0 fully saturated rings. The zero-order chi connectivity index (χ0) is 13.1. The van der Waals surface area contributed by atoms with Gasteiger partial charge in [0.25, 0.3) is 0 Å². The number of nitrogens with two attached hydrogens (primary N) is 1. The van der Waals surface area contributed by atoms with Crippen molar-refractivity contribution in [2.75, 3.05) is 6.61 Å². The molecular formula is C14H22ClNO. The summed E-state index contributed by atoms with van der Waals surface area (Å²) in [5, 5.41) is 0.785. The van der Waals surface area contributed by atoms with E-state index in [9.17, 15) is 0 Å². The predicted molar refractivity (Wildman–Crippen MR) is 73.6 cm³/mol. The van der Waals surface area contributed by atoms with Crippen LogP contribution < -0.4 is 5.73 Å². The lowest BCUT2D eigenvalue weighted by Crippen LogP contribution is -2.46. The Hall–Kier alpha value is -0.570. The van der Waals surface area contributed by atoms with E-state index in [2.05, 4.69) is 6.07 Å². The molecule has 0 heterocycles. The first-order chi connectivity index (χ1) is 7.86. The van der Waals surface area contributed by atoms with Gasteiger partial charge in [0.1, 0.15) is 0 Å². The number of hydrogen-bond donors (Lipinski definition) is 1. The molecule has 0 aromatic heterocycles. The van der Waals surface area contributed by atoms with E-state index in [-0.39, 0.29) is 11.6 Å². The SMILES string of the molecule is CCOC(C)(C)C(N)Cc1ccc(C)cc1Cl. The Bertz CT molecular complexity index is 376. The van der Waals surface area contributed by atoms with Crippen LogP contribution in [0.25, 0.3) is 0 Å². The van der Waals surface area contributed by atoms with Gasteiger partial charge < -0.3 is 10.5 Å². The van der Waals surface area contributed by atoms with Gasteiger partial charge in [-0.1, -0.05) is 23.7 Å². The monoisotopic (exact) mass is 255 g/mol. The summed E-state index contributed by atoms with van der Waals surface area (Å²) in [5.74, 6) is 0. The van der Waals surface area contributed by atoms with E-state index < -0.39 is 0 Å². The van der Waals surface area contributed by atoms with Gasteiger partial charge in [0, 0.05) is 17.7 Å². The molecular weight excluding hydrogens is 234 g/mol. The molecule has 3 heteroatoms. The largest absolute Gasteiger partial charge is 0.374 e. The molecule has 1 rings (SSSR count). The van der Waals surface area contributed by atoms with Crippen LogP contribution in [-0.2, 0) is 11.2 Å². The lowest BCUT2D eigenvalue weighted by Gasteiger charge is -2.31.